The number of hydrogen-bond donors (Lipinski definition) is 1. The molecule has 4 aliphatic rings. The molecule has 4 fully saturated rings. The SMILES string of the molecule is CC[C@H]1OC(=O)O[C@@]1(C)[C@@H]1OC(=O)[C@H](C)C(=O)[C@H](C)[C@@H](O[C@@H]2O[C@H](C)C[C@H](N(C)C)[C@H]2O)[C@@]2(C)CC(C)C(O2)[C@@H]1C. The molecule has 2 unspecified atom stereocenters. The van der Waals surface area contributed by atoms with Gasteiger partial charge in [-0.25, -0.2) is 4.79 Å². The number of carbonyl (C=O) groups excluding carboxylic acids is 3. The maximum absolute atomic E-state index is 13.9. The highest BCUT2D eigenvalue weighted by molar-refractivity contribution is 6.00. The van der Waals surface area contributed by atoms with Gasteiger partial charge in [-0.3, -0.25) is 9.59 Å². The number of nitrogens with zero attached hydrogens (tertiary/aromatic N) is 1. The van der Waals surface area contributed by atoms with Crippen LogP contribution >= 0.6 is 0 Å². The number of cyclic esters (lactones) is 3. The van der Waals surface area contributed by atoms with Crippen molar-refractivity contribution < 1.29 is 47.9 Å². The zero-order valence-corrected chi connectivity index (χ0v) is 26.1. The lowest BCUT2D eigenvalue weighted by Gasteiger charge is -2.45. The molecule has 1 N–H and O–H groups in total. The summed E-state index contributed by atoms with van der Waals surface area (Å²) in [6, 6.07) is -0.195. The summed E-state index contributed by atoms with van der Waals surface area (Å²) in [7, 11) is 3.80. The van der Waals surface area contributed by atoms with E-state index in [1.165, 1.54) is 6.92 Å². The molecule has 0 radical (unpaired) electrons. The fourth-order valence-electron chi connectivity index (χ4n) is 7.67. The lowest BCUT2D eigenvalue weighted by atomic mass is 9.76. The van der Waals surface area contributed by atoms with E-state index >= 15 is 0 Å². The van der Waals surface area contributed by atoms with Gasteiger partial charge in [0.15, 0.2) is 17.7 Å². The maximum atomic E-state index is 13.9. The summed E-state index contributed by atoms with van der Waals surface area (Å²) in [6.45, 7) is 14.6. The Bertz CT molecular complexity index is 1010. The summed E-state index contributed by atoms with van der Waals surface area (Å²) in [6.07, 6.45) is -4.08. The molecule has 0 aromatic rings. The van der Waals surface area contributed by atoms with Gasteiger partial charge in [-0.2, -0.15) is 0 Å². The first-order valence-corrected chi connectivity index (χ1v) is 15.0. The number of rotatable bonds is 5. The summed E-state index contributed by atoms with van der Waals surface area (Å²) >= 11 is 0. The molecule has 0 aromatic heterocycles. The number of carbonyl (C=O) groups is 3. The van der Waals surface area contributed by atoms with Crippen molar-refractivity contribution in [3.8, 4) is 0 Å². The molecule has 4 saturated heterocycles. The van der Waals surface area contributed by atoms with E-state index in [0.29, 0.717) is 19.3 Å². The van der Waals surface area contributed by atoms with E-state index < -0.39 is 77.9 Å². The highest BCUT2D eigenvalue weighted by Gasteiger charge is 2.61. The number of aliphatic hydroxyl groups is 1. The summed E-state index contributed by atoms with van der Waals surface area (Å²) in [5.74, 6) is -3.41. The van der Waals surface area contributed by atoms with Crippen molar-refractivity contribution in [3.63, 3.8) is 0 Å². The molecule has 2 bridgehead atoms. The molecule has 41 heavy (non-hydrogen) atoms. The predicted molar refractivity (Wildman–Crippen MR) is 147 cm³/mol. The number of hydrogen-bond acceptors (Lipinski definition) is 11. The number of Topliss-reactive ketones (excluding diaryl/α,β-unsaturated/α-hetero) is 1. The number of aliphatic hydroxyl groups excluding tert-OH is 1. The highest BCUT2D eigenvalue weighted by atomic mass is 16.8. The van der Waals surface area contributed by atoms with Crippen LogP contribution < -0.4 is 0 Å². The molecule has 11 nitrogen and oxygen atoms in total. The minimum Gasteiger partial charge on any atom is -0.457 e. The van der Waals surface area contributed by atoms with Crippen LogP contribution in [0.3, 0.4) is 0 Å². The first-order valence-electron chi connectivity index (χ1n) is 15.0. The van der Waals surface area contributed by atoms with Crippen molar-refractivity contribution in [2.24, 2.45) is 23.7 Å². The minimum absolute atomic E-state index is 0.0196. The standard InChI is InChI=1S/C30H49NO10/c1-11-20-30(8,41-28(35)37-20)25-18(6)23-14(2)13-29(7,40-23)24(16(4)21(32)17(5)26(34)38-25)39-27-22(33)19(31(9)10)12-15(3)36-27/h14-20,22-25,27,33H,11-13H2,1-10H3/t14?,15-,16+,17-,18+,19+,20-,22-,23?,24-,25-,27+,29-,30-/m1/s1. The smallest absolute Gasteiger partial charge is 0.457 e. The fourth-order valence-corrected chi connectivity index (χ4v) is 7.67. The van der Waals surface area contributed by atoms with E-state index in [0.717, 1.165) is 0 Å². The lowest BCUT2D eigenvalue weighted by Crippen LogP contribution is -2.58. The van der Waals surface area contributed by atoms with Crippen LogP contribution in [-0.4, -0.2) is 102 Å². The molecule has 0 amide bonds. The van der Waals surface area contributed by atoms with Crippen molar-refractivity contribution in [2.75, 3.05) is 14.1 Å². The number of ether oxygens (including phenoxy) is 6. The van der Waals surface area contributed by atoms with E-state index in [-0.39, 0.29) is 23.8 Å². The highest BCUT2D eigenvalue weighted by Crippen LogP contribution is 2.48. The summed E-state index contributed by atoms with van der Waals surface area (Å²) in [5.41, 5.74) is -2.21. The Labute approximate surface area is 243 Å². The van der Waals surface area contributed by atoms with Crippen LogP contribution in [0.1, 0.15) is 74.7 Å². The molecule has 0 saturated carbocycles. The van der Waals surface area contributed by atoms with Gasteiger partial charge in [-0.05, 0) is 67.0 Å². The molecule has 11 heteroatoms. The van der Waals surface area contributed by atoms with Crippen molar-refractivity contribution in [1.29, 1.82) is 0 Å². The molecule has 4 rings (SSSR count). The zero-order chi connectivity index (χ0) is 30.6. The van der Waals surface area contributed by atoms with E-state index in [2.05, 4.69) is 6.92 Å². The fraction of sp³-hybridized carbons (Fsp3) is 0.900. The molecule has 14 atom stereocenters. The molecule has 0 aromatic carbocycles. The molecule has 234 valence electrons. The van der Waals surface area contributed by atoms with E-state index in [4.69, 9.17) is 28.4 Å². The largest absolute Gasteiger partial charge is 0.509 e. The first-order chi connectivity index (χ1) is 19.0. The second-order valence-corrected chi connectivity index (χ2v) is 13.4. The molecular weight excluding hydrogens is 534 g/mol. The van der Waals surface area contributed by atoms with Crippen LogP contribution in [0.15, 0.2) is 0 Å². The van der Waals surface area contributed by atoms with Crippen molar-refractivity contribution in [3.05, 3.63) is 0 Å². The summed E-state index contributed by atoms with van der Waals surface area (Å²) in [4.78, 5) is 41.6. The predicted octanol–water partition coefficient (Wildman–Crippen LogP) is 3.09. The van der Waals surface area contributed by atoms with Gasteiger partial charge in [0.25, 0.3) is 0 Å². The average Bonchev–Trinajstić information content (AvgIpc) is 3.38. The van der Waals surface area contributed by atoms with Gasteiger partial charge in [-0.15, -0.1) is 0 Å². The zero-order valence-electron chi connectivity index (χ0n) is 26.1. The molecule has 0 aliphatic carbocycles. The number of likely N-dealkylation sites (N-methyl/N-ethyl adjacent to an activating group) is 1. The number of esters is 1. The Kier molecular flexibility index (Phi) is 9.18. The first kappa shape index (κ1) is 32.1. The van der Waals surface area contributed by atoms with E-state index in [1.807, 2.05) is 46.7 Å². The number of fused-ring (bicyclic) bond motifs is 2. The Morgan fingerprint density at radius 3 is 2.32 bits per heavy atom. The van der Waals surface area contributed by atoms with Gasteiger partial charge < -0.3 is 38.4 Å². The van der Waals surface area contributed by atoms with Crippen LogP contribution in [0.4, 0.5) is 4.79 Å². The third-order valence-electron chi connectivity index (χ3n) is 9.89. The van der Waals surface area contributed by atoms with Crippen molar-refractivity contribution in [1.82, 2.24) is 4.90 Å². The second-order valence-electron chi connectivity index (χ2n) is 13.4. The molecule has 0 spiro atoms. The van der Waals surface area contributed by atoms with Crippen LogP contribution in [0.25, 0.3) is 0 Å². The van der Waals surface area contributed by atoms with Crippen LogP contribution in [0, 0.1) is 23.7 Å². The topological polar surface area (TPSA) is 130 Å². The van der Waals surface area contributed by atoms with Crippen LogP contribution in [-0.2, 0) is 38.0 Å². The Hall–Kier alpha value is -1.79. The molecule has 4 heterocycles. The quantitative estimate of drug-likeness (QED) is 0.379. The Morgan fingerprint density at radius 2 is 1.71 bits per heavy atom. The van der Waals surface area contributed by atoms with E-state index in [9.17, 15) is 19.5 Å². The maximum Gasteiger partial charge on any atom is 0.509 e. The van der Waals surface area contributed by atoms with Crippen molar-refractivity contribution in [2.45, 2.75) is 135 Å². The van der Waals surface area contributed by atoms with Gasteiger partial charge in [0.1, 0.15) is 24.2 Å². The number of ketones is 1. The van der Waals surface area contributed by atoms with Gasteiger partial charge in [0.05, 0.1) is 23.9 Å². The van der Waals surface area contributed by atoms with Gasteiger partial charge >= 0.3 is 12.1 Å². The lowest BCUT2D eigenvalue weighted by molar-refractivity contribution is -0.295. The van der Waals surface area contributed by atoms with Gasteiger partial charge in [0, 0.05) is 17.9 Å². The van der Waals surface area contributed by atoms with Gasteiger partial charge in [-0.1, -0.05) is 27.7 Å². The third-order valence-corrected chi connectivity index (χ3v) is 9.89. The Balaban J connectivity index is 1.73. The Morgan fingerprint density at radius 1 is 1.05 bits per heavy atom. The second kappa shape index (κ2) is 11.7. The van der Waals surface area contributed by atoms with Crippen LogP contribution in [0.2, 0.25) is 0 Å². The monoisotopic (exact) mass is 583 g/mol. The van der Waals surface area contributed by atoms with E-state index in [1.54, 1.807) is 13.8 Å². The van der Waals surface area contributed by atoms with Gasteiger partial charge in [0.2, 0.25) is 0 Å². The summed E-state index contributed by atoms with van der Waals surface area (Å²) in [5, 5.41) is 11.2. The normalized spacial score (nSPS) is 49.3. The van der Waals surface area contributed by atoms with Crippen molar-refractivity contribution >= 4 is 17.9 Å². The third kappa shape index (κ3) is 5.77. The molecule has 4 aliphatic heterocycles. The average molecular weight is 584 g/mol. The minimum atomic E-state index is -1.27. The van der Waals surface area contributed by atoms with Crippen LogP contribution in [0.5, 0.6) is 0 Å². The molecular formula is C30H49NO10. The summed E-state index contributed by atoms with van der Waals surface area (Å²) < 4.78 is 36.6.